The molecule has 0 radical (unpaired) electrons. The Morgan fingerprint density at radius 3 is 2.54 bits per heavy atom. The summed E-state index contributed by atoms with van der Waals surface area (Å²) >= 11 is 0. The molecule has 1 aliphatic rings. The molecule has 1 saturated carbocycles. The van der Waals surface area contributed by atoms with Gasteiger partial charge in [-0.1, -0.05) is 25.1 Å². The predicted molar refractivity (Wildman–Crippen MR) is 92.1 cm³/mol. The van der Waals surface area contributed by atoms with Gasteiger partial charge in [0.2, 0.25) is 11.8 Å². The Morgan fingerprint density at radius 2 is 1.79 bits per heavy atom. The van der Waals surface area contributed by atoms with Gasteiger partial charge in [0.25, 0.3) is 0 Å². The number of rotatable bonds is 6. The number of aromatic nitrogens is 1. The number of para-hydroxylation sites is 1. The average Bonchev–Trinajstić information content (AvgIpc) is 3.42. The maximum Gasteiger partial charge on any atom is 0.228 e. The van der Waals surface area contributed by atoms with Gasteiger partial charge in [-0.05, 0) is 42.2 Å². The van der Waals surface area contributed by atoms with Crippen molar-refractivity contribution in [2.45, 2.75) is 26.3 Å². The van der Waals surface area contributed by atoms with E-state index in [9.17, 15) is 9.59 Å². The van der Waals surface area contributed by atoms with Crippen LogP contribution in [0.25, 0.3) is 0 Å². The summed E-state index contributed by atoms with van der Waals surface area (Å²) in [5.41, 5.74) is 2.94. The first-order chi connectivity index (χ1) is 11.7. The van der Waals surface area contributed by atoms with Gasteiger partial charge in [-0.3, -0.25) is 14.6 Å². The topological polar surface area (TPSA) is 71.1 Å². The fourth-order valence-corrected chi connectivity index (χ4v) is 2.77. The van der Waals surface area contributed by atoms with Crippen LogP contribution in [-0.4, -0.2) is 16.8 Å². The minimum atomic E-state index is -0.229. The van der Waals surface area contributed by atoms with Crippen LogP contribution >= 0.6 is 0 Å². The van der Waals surface area contributed by atoms with Gasteiger partial charge >= 0.3 is 0 Å². The SMILES string of the molecule is CCc1ccccc1NC(=O)C1CC1C(=O)NCc1ccncc1. The van der Waals surface area contributed by atoms with Gasteiger partial charge in [0.1, 0.15) is 0 Å². The molecule has 1 heterocycles. The van der Waals surface area contributed by atoms with Gasteiger partial charge in [0.05, 0.1) is 11.8 Å². The first-order valence-electron chi connectivity index (χ1n) is 8.24. The number of aryl methyl sites for hydroxylation is 1. The lowest BCUT2D eigenvalue weighted by atomic mass is 10.1. The highest BCUT2D eigenvalue weighted by molar-refractivity contribution is 5.99. The Balaban J connectivity index is 1.51. The van der Waals surface area contributed by atoms with Crippen LogP contribution in [-0.2, 0) is 22.6 Å². The van der Waals surface area contributed by atoms with Gasteiger partial charge in [-0.2, -0.15) is 0 Å². The zero-order valence-corrected chi connectivity index (χ0v) is 13.7. The number of nitrogens with zero attached hydrogens (tertiary/aromatic N) is 1. The molecule has 1 aliphatic carbocycles. The van der Waals surface area contributed by atoms with Crippen molar-refractivity contribution in [3.8, 4) is 0 Å². The van der Waals surface area contributed by atoms with E-state index in [1.807, 2.05) is 36.4 Å². The van der Waals surface area contributed by atoms with Crippen LogP contribution in [0.5, 0.6) is 0 Å². The molecule has 0 aliphatic heterocycles. The molecule has 3 rings (SSSR count). The average molecular weight is 323 g/mol. The quantitative estimate of drug-likeness (QED) is 0.858. The Hall–Kier alpha value is -2.69. The third-order valence-electron chi connectivity index (χ3n) is 4.34. The highest BCUT2D eigenvalue weighted by Crippen LogP contribution is 2.39. The molecule has 1 aromatic carbocycles. The second-order valence-electron chi connectivity index (χ2n) is 6.02. The number of anilines is 1. The molecule has 0 bridgehead atoms. The number of carbonyl (C=O) groups excluding carboxylic acids is 2. The summed E-state index contributed by atoms with van der Waals surface area (Å²) in [5.74, 6) is -0.580. The molecule has 1 fully saturated rings. The van der Waals surface area contributed by atoms with Crippen molar-refractivity contribution in [2.75, 3.05) is 5.32 Å². The van der Waals surface area contributed by atoms with E-state index < -0.39 is 0 Å². The Morgan fingerprint density at radius 1 is 1.08 bits per heavy atom. The Labute approximate surface area is 141 Å². The van der Waals surface area contributed by atoms with Crippen LogP contribution in [0.2, 0.25) is 0 Å². The largest absolute Gasteiger partial charge is 0.352 e. The van der Waals surface area contributed by atoms with Gasteiger partial charge in [0.15, 0.2) is 0 Å². The van der Waals surface area contributed by atoms with Crippen molar-refractivity contribution in [3.63, 3.8) is 0 Å². The number of nitrogens with one attached hydrogen (secondary N) is 2. The van der Waals surface area contributed by atoms with Crippen molar-refractivity contribution < 1.29 is 9.59 Å². The highest BCUT2D eigenvalue weighted by Gasteiger charge is 2.47. The summed E-state index contributed by atoms with van der Waals surface area (Å²) in [7, 11) is 0. The maximum absolute atomic E-state index is 12.3. The third kappa shape index (κ3) is 3.79. The van der Waals surface area contributed by atoms with Crippen LogP contribution in [0.4, 0.5) is 5.69 Å². The van der Waals surface area contributed by atoms with E-state index in [0.717, 1.165) is 23.2 Å². The Bertz CT molecular complexity index is 730. The first-order valence-corrected chi connectivity index (χ1v) is 8.24. The van der Waals surface area contributed by atoms with Crippen LogP contribution in [0.3, 0.4) is 0 Å². The maximum atomic E-state index is 12.3. The van der Waals surface area contributed by atoms with Crippen LogP contribution in [0.15, 0.2) is 48.8 Å². The summed E-state index contributed by atoms with van der Waals surface area (Å²) in [5, 5.41) is 5.84. The summed E-state index contributed by atoms with van der Waals surface area (Å²) in [6, 6.07) is 11.5. The number of benzene rings is 1. The lowest BCUT2D eigenvalue weighted by molar-refractivity contribution is -0.125. The summed E-state index contributed by atoms with van der Waals surface area (Å²) in [6.07, 6.45) is 4.86. The molecule has 2 unspecified atom stereocenters. The molecule has 2 aromatic rings. The van der Waals surface area contributed by atoms with E-state index in [1.165, 1.54) is 0 Å². The van der Waals surface area contributed by atoms with Crippen LogP contribution in [0.1, 0.15) is 24.5 Å². The van der Waals surface area contributed by atoms with Crippen molar-refractivity contribution in [2.24, 2.45) is 11.8 Å². The van der Waals surface area contributed by atoms with Crippen molar-refractivity contribution in [1.82, 2.24) is 10.3 Å². The van der Waals surface area contributed by atoms with Gasteiger partial charge in [0, 0.05) is 24.6 Å². The number of pyridine rings is 1. The molecule has 2 atom stereocenters. The second kappa shape index (κ2) is 7.25. The molecule has 5 heteroatoms. The van der Waals surface area contributed by atoms with Crippen LogP contribution < -0.4 is 10.6 Å². The highest BCUT2D eigenvalue weighted by atomic mass is 16.2. The number of amides is 2. The molecule has 0 spiro atoms. The number of hydrogen-bond acceptors (Lipinski definition) is 3. The van der Waals surface area contributed by atoms with Gasteiger partial charge < -0.3 is 10.6 Å². The summed E-state index contributed by atoms with van der Waals surface area (Å²) in [4.78, 5) is 28.4. The standard InChI is InChI=1S/C19H21N3O2/c1-2-14-5-3-4-6-17(14)22-19(24)16-11-15(16)18(23)21-12-13-7-9-20-10-8-13/h3-10,15-16H,2,11-12H2,1H3,(H,21,23)(H,22,24). The molecule has 1 aromatic heterocycles. The minimum absolute atomic E-state index is 0.0595. The molecular formula is C19H21N3O2. The van der Waals surface area contributed by atoms with Crippen molar-refractivity contribution >= 4 is 17.5 Å². The van der Waals surface area contributed by atoms with Crippen molar-refractivity contribution in [1.29, 1.82) is 0 Å². The molecule has 2 N–H and O–H groups in total. The zero-order valence-electron chi connectivity index (χ0n) is 13.7. The summed E-state index contributed by atoms with van der Waals surface area (Å²) < 4.78 is 0. The predicted octanol–water partition coefficient (Wildman–Crippen LogP) is 2.54. The zero-order chi connectivity index (χ0) is 16.9. The Kier molecular flexibility index (Phi) is 4.89. The minimum Gasteiger partial charge on any atom is -0.352 e. The fourth-order valence-electron chi connectivity index (χ4n) is 2.77. The fraction of sp³-hybridized carbons (Fsp3) is 0.316. The van der Waals surface area contributed by atoms with E-state index in [0.29, 0.717) is 13.0 Å². The molecule has 0 saturated heterocycles. The van der Waals surface area contributed by atoms with Crippen molar-refractivity contribution in [3.05, 3.63) is 59.9 Å². The first kappa shape index (κ1) is 16.2. The monoisotopic (exact) mass is 323 g/mol. The smallest absolute Gasteiger partial charge is 0.228 e. The van der Waals surface area contributed by atoms with E-state index in [1.54, 1.807) is 12.4 Å². The van der Waals surface area contributed by atoms with E-state index in [4.69, 9.17) is 0 Å². The molecule has 124 valence electrons. The van der Waals surface area contributed by atoms with E-state index in [2.05, 4.69) is 22.5 Å². The third-order valence-corrected chi connectivity index (χ3v) is 4.34. The lowest BCUT2D eigenvalue weighted by Crippen LogP contribution is -2.27. The van der Waals surface area contributed by atoms with E-state index >= 15 is 0 Å². The van der Waals surface area contributed by atoms with Gasteiger partial charge in [-0.25, -0.2) is 0 Å². The molecular weight excluding hydrogens is 302 g/mol. The van der Waals surface area contributed by atoms with Crippen LogP contribution in [0, 0.1) is 11.8 Å². The van der Waals surface area contributed by atoms with Gasteiger partial charge in [-0.15, -0.1) is 0 Å². The molecule has 24 heavy (non-hydrogen) atoms. The number of hydrogen-bond donors (Lipinski definition) is 2. The van der Waals surface area contributed by atoms with E-state index in [-0.39, 0.29) is 23.7 Å². The lowest BCUT2D eigenvalue weighted by Gasteiger charge is -2.09. The molecule has 2 amide bonds. The normalized spacial score (nSPS) is 18.7. The molecule has 5 nitrogen and oxygen atoms in total. The second-order valence-corrected chi connectivity index (χ2v) is 6.02. The number of carbonyl (C=O) groups is 2. The summed E-state index contributed by atoms with van der Waals surface area (Å²) in [6.45, 7) is 2.52.